The summed E-state index contributed by atoms with van der Waals surface area (Å²) in [5.74, 6) is -0.423. The average Bonchev–Trinajstić information content (AvgIpc) is 2.82. The fourth-order valence-electron chi connectivity index (χ4n) is 3.66. The van der Waals surface area contributed by atoms with Gasteiger partial charge in [0.25, 0.3) is 15.9 Å². The Kier molecular flexibility index (Phi) is 8.71. The van der Waals surface area contributed by atoms with Crippen molar-refractivity contribution in [2.45, 2.75) is 24.2 Å². The number of amides is 2. The van der Waals surface area contributed by atoms with Gasteiger partial charge in [0.1, 0.15) is 0 Å². The first kappa shape index (κ1) is 25.0. The van der Waals surface area contributed by atoms with Gasteiger partial charge in [0.05, 0.1) is 16.1 Å². The van der Waals surface area contributed by atoms with Crippen LogP contribution in [0.25, 0.3) is 0 Å². The third-order valence-corrected chi connectivity index (χ3v) is 7.14. The highest BCUT2D eigenvalue weighted by molar-refractivity contribution is 7.92. The molecule has 10 heteroatoms. The lowest BCUT2D eigenvalue weighted by Gasteiger charge is -2.32. The van der Waals surface area contributed by atoms with Crippen LogP contribution in [0, 0.1) is 5.92 Å². The van der Waals surface area contributed by atoms with Crippen LogP contribution in [0.4, 0.5) is 5.69 Å². The van der Waals surface area contributed by atoms with Gasteiger partial charge in [0, 0.05) is 44.3 Å². The number of likely N-dealkylation sites (tertiary alicyclic amines) is 1. The second-order valence-corrected chi connectivity index (χ2v) is 9.93. The molecule has 0 unspecified atom stereocenters. The molecular weight excluding hydrogens is 466 g/mol. The number of hydrogen-bond donors (Lipinski definition) is 2. The number of para-hydroxylation sites is 1. The number of hydrogen-bond acceptors (Lipinski definition) is 5. The second kappa shape index (κ2) is 11.5. The molecule has 1 fully saturated rings. The molecule has 33 heavy (non-hydrogen) atoms. The number of sulfonamides is 1. The first-order valence-corrected chi connectivity index (χ1v) is 12.6. The molecule has 0 aliphatic carbocycles. The Bertz CT molecular complexity index is 1070. The molecule has 3 rings (SSSR count). The maximum atomic E-state index is 13.2. The fourth-order valence-corrected chi connectivity index (χ4v) is 4.87. The molecule has 1 heterocycles. The number of ether oxygens (including phenoxy) is 1. The Hall–Kier alpha value is -2.62. The molecule has 8 nitrogen and oxygen atoms in total. The van der Waals surface area contributed by atoms with Gasteiger partial charge in [-0.1, -0.05) is 23.7 Å². The molecular formula is C23H28ClN3O5S. The molecule has 2 aromatic carbocycles. The minimum absolute atomic E-state index is 0.00525. The molecule has 2 aromatic rings. The maximum absolute atomic E-state index is 13.2. The van der Waals surface area contributed by atoms with Crippen LogP contribution in [-0.4, -0.2) is 58.5 Å². The lowest BCUT2D eigenvalue weighted by atomic mass is 9.95. The van der Waals surface area contributed by atoms with Crippen molar-refractivity contribution < 1.29 is 22.7 Å². The van der Waals surface area contributed by atoms with Crippen LogP contribution in [0.1, 0.15) is 29.6 Å². The number of nitrogens with one attached hydrogen (secondary N) is 2. The van der Waals surface area contributed by atoms with Crippen molar-refractivity contribution in [2.75, 3.05) is 38.1 Å². The first-order chi connectivity index (χ1) is 15.8. The van der Waals surface area contributed by atoms with Crippen LogP contribution < -0.4 is 10.0 Å². The number of nitrogens with zero attached hydrogens (tertiary/aromatic N) is 1. The van der Waals surface area contributed by atoms with E-state index in [0.717, 1.165) is 6.42 Å². The Labute approximate surface area is 199 Å². The molecule has 0 bridgehead atoms. The van der Waals surface area contributed by atoms with Gasteiger partial charge < -0.3 is 15.0 Å². The van der Waals surface area contributed by atoms with Crippen LogP contribution in [0.5, 0.6) is 0 Å². The van der Waals surface area contributed by atoms with Gasteiger partial charge in [-0.3, -0.25) is 14.3 Å². The van der Waals surface area contributed by atoms with E-state index in [1.54, 1.807) is 36.3 Å². The Morgan fingerprint density at radius 1 is 1.09 bits per heavy atom. The molecule has 0 radical (unpaired) electrons. The third-order valence-electron chi connectivity index (χ3n) is 5.50. The average molecular weight is 494 g/mol. The number of methoxy groups -OCH3 is 1. The van der Waals surface area contributed by atoms with E-state index in [9.17, 15) is 18.0 Å². The van der Waals surface area contributed by atoms with E-state index in [1.807, 2.05) is 0 Å². The zero-order chi connectivity index (χ0) is 23.8. The second-order valence-electron chi connectivity index (χ2n) is 7.81. The fraction of sp³-hybridized carbons (Fsp3) is 0.391. The SMILES string of the molecule is COCCCNC(=O)C1CCN(C(=O)c2ccccc2NS(=O)(=O)c2ccc(Cl)cc2)CC1. The third kappa shape index (κ3) is 6.69. The molecule has 1 aliphatic rings. The van der Waals surface area contributed by atoms with Gasteiger partial charge >= 0.3 is 0 Å². The van der Waals surface area contributed by atoms with Crippen LogP contribution in [0.15, 0.2) is 53.4 Å². The molecule has 1 saturated heterocycles. The summed E-state index contributed by atoms with van der Waals surface area (Å²) in [7, 11) is -2.27. The molecule has 0 aromatic heterocycles. The normalized spacial score (nSPS) is 14.7. The Morgan fingerprint density at radius 2 is 1.76 bits per heavy atom. The minimum Gasteiger partial charge on any atom is -0.385 e. The predicted molar refractivity (Wildman–Crippen MR) is 127 cm³/mol. The van der Waals surface area contributed by atoms with E-state index in [2.05, 4.69) is 10.0 Å². The highest BCUT2D eigenvalue weighted by Gasteiger charge is 2.29. The van der Waals surface area contributed by atoms with Gasteiger partial charge in [-0.05, 0) is 55.7 Å². The summed E-state index contributed by atoms with van der Waals surface area (Å²) in [4.78, 5) is 27.2. The van der Waals surface area contributed by atoms with E-state index in [1.165, 1.54) is 24.3 Å². The van der Waals surface area contributed by atoms with Gasteiger partial charge in [0.15, 0.2) is 0 Å². The van der Waals surface area contributed by atoms with E-state index < -0.39 is 10.0 Å². The van der Waals surface area contributed by atoms with E-state index in [4.69, 9.17) is 16.3 Å². The summed E-state index contributed by atoms with van der Waals surface area (Å²) in [6.07, 6.45) is 1.86. The topological polar surface area (TPSA) is 105 Å². The van der Waals surface area contributed by atoms with Crippen molar-refractivity contribution in [1.29, 1.82) is 0 Å². The van der Waals surface area contributed by atoms with Crippen LogP contribution in [0.3, 0.4) is 0 Å². The summed E-state index contributed by atoms with van der Waals surface area (Å²) in [6.45, 7) is 2.00. The van der Waals surface area contributed by atoms with Crippen molar-refractivity contribution in [2.24, 2.45) is 5.92 Å². The maximum Gasteiger partial charge on any atom is 0.261 e. The number of piperidine rings is 1. The van der Waals surface area contributed by atoms with Crippen molar-refractivity contribution in [3.8, 4) is 0 Å². The Morgan fingerprint density at radius 3 is 2.42 bits per heavy atom. The zero-order valence-electron chi connectivity index (χ0n) is 18.4. The molecule has 0 saturated carbocycles. The van der Waals surface area contributed by atoms with Crippen molar-refractivity contribution >= 4 is 39.1 Å². The first-order valence-electron chi connectivity index (χ1n) is 10.7. The lowest BCUT2D eigenvalue weighted by molar-refractivity contribution is -0.126. The number of halogens is 1. The monoisotopic (exact) mass is 493 g/mol. The number of anilines is 1. The molecule has 2 amide bonds. The van der Waals surface area contributed by atoms with Gasteiger partial charge in [-0.15, -0.1) is 0 Å². The number of rotatable bonds is 9. The predicted octanol–water partition coefficient (Wildman–Crippen LogP) is 3.15. The summed E-state index contributed by atoms with van der Waals surface area (Å²) >= 11 is 5.85. The highest BCUT2D eigenvalue weighted by Crippen LogP contribution is 2.25. The number of carbonyl (C=O) groups excluding carboxylic acids is 2. The van der Waals surface area contributed by atoms with Crippen LogP contribution in [0.2, 0.25) is 5.02 Å². The van der Waals surface area contributed by atoms with E-state index in [0.29, 0.717) is 44.1 Å². The molecule has 0 spiro atoms. The highest BCUT2D eigenvalue weighted by atomic mass is 35.5. The zero-order valence-corrected chi connectivity index (χ0v) is 20.0. The lowest BCUT2D eigenvalue weighted by Crippen LogP contribution is -2.43. The van der Waals surface area contributed by atoms with Crippen LogP contribution in [-0.2, 0) is 19.6 Å². The summed E-state index contributed by atoms with van der Waals surface area (Å²) in [5, 5.41) is 3.34. The van der Waals surface area contributed by atoms with Crippen molar-refractivity contribution in [3.05, 3.63) is 59.1 Å². The molecule has 178 valence electrons. The van der Waals surface area contributed by atoms with E-state index in [-0.39, 0.29) is 33.9 Å². The van der Waals surface area contributed by atoms with Crippen molar-refractivity contribution in [1.82, 2.24) is 10.2 Å². The number of benzene rings is 2. The molecule has 1 aliphatic heterocycles. The van der Waals surface area contributed by atoms with Crippen molar-refractivity contribution in [3.63, 3.8) is 0 Å². The van der Waals surface area contributed by atoms with Gasteiger partial charge in [0.2, 0.25) is 5.91 Å². The largest absolute Gasteiger partial charge is 0.385 e. The minimum atomic E-state index is -3.89. The summed E-state index contributed by atoms with van der Waals surface area (Å²) in [6, 6.07) is 12.3. The molecule has 2 N–H and O–H groups in total. The van der Waals surface area contributed by atoms with E-state index >= 15 is 0 Å². The smallest absolute Gasteiger partial charge is 0.261 e. The summed E-state index contributed by atoms with van der Waals surface area (Å²) in [5.41, 5.74) is 0.466. The number of carbonyl (C=O) groups is 2. The van der Waals surface area contributed by atoms with Gasteiger partial charge in [-0.2, -0.15) is 0 Å². The van der Waals surface area contributed by atoms with Crippen LogP contribution >= 0.6 is 11.6 Å². The summed E-state index contributed by atoms with van der Waals surface area (Å²) < 4.78 is 33.0. The van der Waals surface area contributed by atoms with Gasteiger partial charge in [-0.25, -0.2) is 8.42 Å². The molecule has 0 atom stereocenters. The Balaban J connectivity index is 1.64. The standard InChI is InChI=1S/C23H28ClN3O5S/c1-32-16-4-13-25-22(28)17-11-14-27(15-12-17)23(29)20-5-2-3-6-21(20)26-33(30,31)19-9-7-18(24)8-10-19/h2-3,5-10,17,26H,4,11-16H2,1H3,(H,25,28). The quantitative estimate of drug-likeness (QED) is 0.522.